The molecule has 0 radical (unpaired) electrons. The van der Waals surface area contributed by atoms with Gasteiger partial charge in [-0.1, -0.05) is 18.2 Å². The van der Waals surface area contributed by atoms with Gasteiger partial charge >= 0.3 is 5.97 Å². The van der Waals surface area contributed by atoms with Crippen molar-refractivity contribution in [3.63, 3.8) is 0 Å². The molecule has 9 heteroatoms. The normalized spacial score (nSPS) is 15.1. The summed E-state index contributed by atoms with van der Waals surface area (Å²) in [5.74, 6) is 0.279. The van der Waals surface area contributed by atoms with Crippen molar-refractivity contribution in [2.45, 2.75) is 31.4 Å². The Morgan fingerprint density at radius 1 is 1.06 bits per heavy atom. The number of nitrogens with zero attached hydrogens (tertiary/aromatic N) is 1. The number of benzene rings is 2. The van der Waals surface area contributed by atoms with Gasteiger partial charge in [-0.3, -0.25) is 4.79 Å². The number of Topliss-reactive ketones (excluding diaryl/α,β-unsaturated/α-hetero) is 1. The predicted octanol–water partition coefficient (Wildman–Crippen LogP) is 3.39. The third-order valence-electron chi connectivity index (χ3n) is 5.66. The zero-order valence-corrected chi connectivity index (χ0v) is 19.9. The van der Waals surface area contributed by atoms with E-state index < -0.39 is 22.4 Å². The summed E-state index contributed by atoms with van der Waals surface area (Å²) in [6, 6.07) is 14.8. The molecular formula is C25H25NO7S. The maximum absolute atomic E-state index is 12.8. The summed E-state index contributed by atoms with van der Waals surface area (Å²) in [5.41, 5.74) is 2.12. The van der Waals surface area contributed by atoms with Crippen LogP contribution in [0.2, 0.25) is 0 Å². The molecule has 3 aromatic rings. The first kappa shape index (κ1) is 23.6. The quantitative estimate of drug-likeness (QED) is 0.375. The minimum Gasteiger partial charge on any atom is -0.486 e. The molecule has 0 aliphatic carbocycles. The Kier molecular flexibility index (Phi) is 6.47. The minimum atomic E-state index is -3.47. The third kappa shape index (κ3) is 4.99. The molecule has 4 rings (SSSR count). The van der Waals surface area contributed by atoms with E-state index in [1.54, 1.807) is 6.07 Å². The van der Waals surface area contributed by atoms with E-state index in [1.165, 1.54) is 24.3 Å². The number of aryl methyl sites for hydroxylation is 1. The van der Waals surface area contributed by atoms with Gasteiger partial charge in [0, 0.05) is 23.2 Å². The van der Waals surface area contributed by atoms with Crippen LogP contribution in [-0.4, -0.2) is 50.3 Å². The second-order valence-electron chi connectivity index (χ2n) is 8.19. The zero-order chi connectivity index (χ0) is 24.5. The Hall–Kier alpha value is -3.59. The number of sulfone groups is 1. The van der Waals surface area contributed by atoms with E-state index in [0.29, 0.717) is 30.2 Å². The molecule has 1 aliphatic rings. The highest BCUT2D eigenvalue weighted by molar-refractivity contribution is 7.90. The van der Waals surface area contributed by atoms with Crippen LogP contribution < -0.4 is 9.47 Å². The summed E-state index contributed by atoms with van der Waals surface area (Å²) in [7, 11) is -3.47. The van der Waals surface area contributed by atoms with Crippen molar-refractivity contribution in [3.05, 3.63) is 77.1 Å². The SMILES string of the molecule is Cc1cc(C(=O)COC(=O)c2cccc(S(C)(=O)=O)c2)c(C)n1C[C@@H]1COc2ccccc2O1. The van der Waals surface area contributed by atoms with Crippen LogP contribution in [0.1, 0.15) is 32.1 Å². The molecule has 0 amide bonds. The molecule has 0 bridgehead atoms. The summed E-state index contributed by atoms with van der Waals surface area (Å²) in [6.45, 7) is 4.15. The first-order valence-electron chi connectivity index (χ1n) is 10.7. The Morgan fingerprint density at radius 2 is 1.79 bits per heavy atom. The van der Waals surface area contributed by atoms with Crippen molar-refractivity contribution in [2.75, 3.05) is 19.5 Å². The van der Waals surface area contributed by atoms with Crippen molar-refractivity contribution in [1.82, 2.24) is 4.57 Å². The summed E-state index contributed by atoms with van der Waals surface area (Å²) >= 11 is 0. The number of esters is 1. The summed E-state index contributed by atoms with van der Waals surface area (Å²) in [5, 5.41) is 0. The van der Waals surface area contributed by atoms with E-state index in [0.717, 1.165) is 17.6 Å². The smallest absolute Gasteiger partial charge is 0.338 e. The lowest BCUT2D eigenvalue weighted by Gasteiger charge is -2.27. The summed E-state index contributed by atoms with van der Waals surface area (Å²) in [6.07, 6.45) is 0.836. The van der Waals surface area contributed by atoms with Crippen LogP contribution in [0.4, 0.5) is 0 Å². The average molecular weight is 484 g/mol. The number of carbonyl (C=O) groups excluding carboxylic acids is 2. The van der Waals surface area contributed by atoms with Gasteiger partial charge in [-0.15, -0.1) is 0 Å². The highest BCUT2D eigenvalue weighted by Crippen LogP contribution is 2.31. The van der Waals surface area contributed by atoms with E-state index in [4.69, 9.17) is 14.2 Å². The molecule has 1 aliphatic heterocycles. The van der Waals surface area contributed by atoms with E-state index in [1.807, 2.05) is 42.7 Å². The maximum atomic E-state index is 12.8. The van der Waals surface area contributed by atoms with Crippen molar-refractivity contribution in [1.29, 1.82) is 0 Å². The van der Waals surface area contributed by atoms with Gasteiger partial charge in [-0.05, 0) is 50.2 Å². The zero-order valence-electron chi connectivity index (χ0n) is 19.1. The van der Waals surface area contributed by atoms with Crippen molar-refractivity contribution in [2.24, 2.45) is 0 Å². The largest absolute Gasteiger partial charge is 0.486 e. The molecule has 0 saturated heterocycles. The lowest BCUT2D eigenvalue weighted by Crippen LogP contribution is -2.33. The fraction of sp³-hybridized carbons (Fsp3) is 0.280. The number of hydrogen-bond donors (Lipinski definition) is 0. The summed E-state index contributed by atoms with van der Waals surface area (Å²) in [4.78, 5) is 25.2. The Bertz CT molecular complexity index is 1360. The monoisotopic (exact) mass is 483 g/mol. The fourth-order valence-electron chi connectivity index (χ4n) is 3.87. The van der Waals surface area contributed by atoms with Gasteiger partial charge in [-0.25, -0.2) is 13.2 Å². The van der Waals surface area contributed by atoms with Gasteiger partial charge in [-0.2, -0.15) is 0 Å². The van der Waals surface area contributed by atoms with Gasteiger partial charge in [0.15, 0.2) is 34.0 Å². The first-order valence-corrected chi connectivity index (χ1v) is 12.6. The third-order valence-corrected chi connectivity index (χ3v) is 6.77. The Labute approximate surface area is 198 Å². The van der Waals surface area contributed by atoms with Crippen LogP contribution in [-0.2, 0) is 21.1 Å². The fourth-order valence-corrected chi connectivity index (χ4v) is 4.53. The van der Waals surface area contributed by atoms with Gasteiger partial charge in [0.25, 0.3) is 0 Å². The number of hydrogen-bond acceptors (Lipinski definition) is 7. The van der Waals surface area contributed by atoms with E-state index in [-0.39, 0.29) is 22.3 Å². The Morgan fingerprint density at radius 3 is 2.53 bits per heavy atom. The number of aromatic nitrogens is 1. The van der Waals surface area contributed by atoms with Crippen LogP contribution in [0.15, 0.2) is 59.5 Å². The lowest BCUT2D eigenvalue weighted by atomic mass is 10.1. The molecule has 0 unspecified atom stereocenters. The molecule has 0 spiro atoms. The number of para-hydroxylation sites is 2. The predicted molar refractivity (Wildman–Crippen MR) is 124 cm³/mol. The van der Waals surface area contributed by atoms with Gasteiger partial charge < -0.3 is 18.8 Å². The van der Waals surface area contributed by atoms with E-state index in [2.05, 4.69) is 0 Å². The maximum Gasteiger partial charge on any atom is 0.338 e. The van der Waals surface area contributed by atoms with Crippen LogP contribution >= 0.6 is 0 Å². The number of ketones is 1. The van der Waals surface area contributed by atoms with Crippen LogP contribution in [0.3, 0.4) is 0 Å². The molecule has 0 saturated carbocycles. The van der Waals surface area contributed by atoms with E-state index >= 15 is 0 Å². The second-order valence-corrected chi connectivity index (χ2v) is 10.2. The molecule has 2 aromatic carbocycles. The molecule has 1 atom stereocenters. The average Bonchev–Trinajstić information content (AvgIpc) is 3.10. The van der Waals surface area contributed by atoms with Crippen molar-refractivity contribution >= 4 is 21.6 Å². The molecule has 34 heavy (non-hydrogen) atoms. The molecule has 2 heterocycles. The molecule has 178 valence electrons. The van der Waals surface area contributed by atoms with Crippen LogP contribution in [0.25, 0.3) is 0 Å². The first-order chi connectivity index (χ1) is 16.1. The molecule has 0 fully saturated rings. The van der Waals surface area contributed by atoms with Crippen molar-refractivity contribution < 1.29 is 32.2 Å². The highest BCUT2D eigenvalue weighted by atomic mass is 32.2. The van der Waals surface area contributed by atoms with Crippen LogP contribution in [0.5, 0.6) is 11.5 Å². The van der Waals surface area contributed by atoms with Gasteiger partial charge in [0.1, 0.15) is 6.61 Å². The lowest BCUT2D eigenvalue weighted by molar-refractivity contribution is 0.0474. The topological polar surface area (TPSA) is 101 Å². The van der Waals surface area contributed by atoms with Crippen LogP contribution in [0, 0.1) is 13.8 Å². The van der Waals surface area contributed by atoms with E-state index in [9.17, 15) is 18.0 Å². The number of rotatable bonds is 7. The number of carbonyl (C=O) groups is 2. The number of fused-ring (bicyclic) bond motifs is 1. The molecular weight excluding hydrogens is 458 g/mol. The Balaban J connectivity index is 1.42. The second kappa shape index (κ2) is 9.34. The highest BCUT2D eigenvalue weighted by Gasteiger charge is 2.24. The van der Waals surface area contributed by atoms with Gasteiger partial charge in [0.05, 0.1) is 17.0 Å². The molecule has 0 N–H and O–H groups in total. The molecule has 8 nitrogen and oxygen atoms in total. The number of ether oxygens (including phenoxy) is 3. The van der Waals surface area contributed by atoms with Gasteiger partial charge in [0.2, 0.25) is 5.78 Å². The molecule has 1 aromatic heterocycles. The van der Waals surface area contributed by atoms with Crippen molar-refractivity contribution in [3.8, 4) is 11.5 Å². The standard InChI is InChI=1S/C25H25NO7S/c1-16-11-21(17(2)26(16)13-19-14-31-23-9-4-5-10-24(23)33-19)22(27)15-32-25(28)18-7-6-8-20(12-18)34(3,29)30/h4-12,19H,13-15H2,1-3H3/t19-/m1/s1. The summed E-state index contributed by atoms with van der Waals surface area (Å²) < 4.78 is 42.4. The minimum absolute atomic E-state index is 0.00774.